The number of nitrogens with one attached hydrogen (secondary N) is 1. The van der Waals surface area contributed by atoms with E-state index in [9.17, 15) is 9.59 Å². The van der Waals surface area contributed by atoms with Crippen molar-refractivity contribution < 1.29 is 14.0 Å². The van der Waals surface area contributed by atoms with Crippen LogP contribution in [0.15, 0.2) is 47.1 Å². The van der Waals surface area contributed by atoms with Crippen LogP contribution in [0.5, 0.6) is 0 Å². The lowest BCUT2D eigenvalue weighted by molar-refractivity contribution is -0.126. The van der Waals surface area contributed by atoms with Crippen LogP contribution in [0, 0.1) is 0 Å². The van der Waals surface area contributed by atoms with Gasteiger partial charge in [0.25, 0.3) is 0 Å². The highest BCUT2D eigenvalue weighted by Gasteiger charge is 2.37. The number of rotatable bonds is 7. The van der Waals surface area contributed by atoms with Crippen molar-refractivity contribution in [3.63, 3.8) is 0 Å². The van der Waals surface area contributed by atoms with Gasteiger partial charge in [0, 0.05) is 30.8 Å². The Bertz CT molecular complexity index is 730. The molecule has 1 atom stereocenters. The molecule has 25 heavy (non-hydrogen) atoms. The SMILES string of the molecule is CCC(=O)N1c2ccccc2C[C@H]1C(=O)NCCSCc1ccco1. The second-order valence-electron chi connectivity index (χ2n) is 5.89. The fraction of sp³-hybridized carbons (Fsp3) is 0.368. The number of hydrogen-bond donors (Lipinski definition) is 1. The van der Waals surface area contributed by atoms with Crippen molar-refractivity contribution in [3.05, 3.63) is 54.0 Å². The number of thioether (sulfide) groups is 1. The molecule has 0 unspecified atom stereocenters. The monoisotopic (exact) mass is 358 g/mol. The van der Waals surface area contributed by atoms with Gasteiger partial charge in [0.05, 0.1) is 12.0 Å². The molecule has 2 amide bonds. The molecule has 0 bridgehead atoms. The number of hydrogen-bond acceptors (Lipinski definition) is 4. The van der Waals surface area contributed by atoms with Crippen LogP contribution in [0.1, 0.15) is 24.7 Å². The van der Waals surface area contributed by atoms with Gasteiger partial charge in [0.15, 0.2) is 0 Å². The van der Waals surface area contributed by atoms with Crippen LogP contribution >= 0.6 is 11.8 Å². The fourth-order valence-corrected chi connectivity index (χ4v) is 3.76. The van der Waals surface area contributed by atoms with Crippen LogP contribution in [0.2, 0.25) is 0 Å². The van der Waals surface area contributed by atoms with Crippen LogP contribution in [-0.2, 0) is 21.8 Å². The maximum atomic E-state index is 12.6. The van der Waals surface area contributed by atoms with E-state index in [-0.39, 0.29) is 11.8 Å². The quantitative estimate of drug-likeness (QED) is 0.773. The third kappa shape index (κ3) is 4.07. The predicted molar refractivity (Wildman–Crippen MR) is 99.6 cm³/mol. The number of benzene rings is 1. The lowest BCUT2D eigenvalue weighted by atomic mass is 10.1. The maximum absolute atomic E-state index is 12.6. The number of para-hydroxylation sites is 1. The van der Waals surface area contributed by atoms with Crippen LogP contribution in [0.4, 0.5) is 5.69 Å². The fourth-order valence-electron chi connectivity index (χ4n) is 3.01. The molecule has 0 fully saturated rings. The van der Waals surface area contributed by atoms with E-state index in [4.69, 9.17) is 4.42 Å². The summed E-state index contributed by atoms with van der Waals surface area (Å²) in [6.07, 6.45) is 2.62. The van der Waals surface area contributed by atoms with E-state index in [0.29, 0.717) is 19.4 Å². The van der Waals surface area contributed by atoms with E-state index in [0.717, 1.165) is 28.5 Å². The average Bonchev–Trinajstić information content (AvgIpc) is 3.28. The topological polar surface area (TPSA) is 62.6 Å². The molecule has 1 aromatic heterocycles. The number of amides is 2. The second-order valence-corrected chi connectivity index (χ2v) is 6.99. The van der Waals surface area contributed by atoms with Crippen LogP contribution in [0.25, 0.3) is 0 Å². The highest BCUT2D eigenvalue weighted by molar-refractivity contribution is 7.98. The molecule has 3 rings (SSSR count). The predicted octanol–water partition coefficient (Wildman–Crippen LogP) is 3.00. The molecular weight excluding hydrogens is 336 g/mol. The summed E-state index contributed by atoms with van der Waals surface area (Å²) in [6.45, 7) is 2.40. The number of furan rings is 1. The first-order valence-electron chi connectivity index (χ1n) is 8.48. The van der Waals surface area contributed by atoms with Gasteiger partial charge in [-0.3, -0.25) is 14.5 Å². The molecule has 0 saturated carbocycles. The highest BCUT2D eigenvalue weighted by atomic mass is 32.2. The average molecular weight is 358 g/mol. The Labute approximate surface area is 151 Å². The van der Waals surface area contributed by atoms with Crippen LogP contribution in [-0.4, -0.2) is 30.2 Å². The van der Waals surface area contributed by atoms with Gasteiger partial charge in [-0.15, -0.1) is 0 Å². The Kier molecular flexibility index (Phi) is 5.81. The molecule has 132 valence electrons. The van der Waals surface area contributed by atoms with Crippen LogP contribution < -0.4 is 10.2 Å². The minimum atomic E-state index is -0.445. The Morgan fingerprint density at radius 2 is 2.12 bits per heavy atom. The van der Waals surface area contributed by atoms with Crippen molar-refractivity contribution >= 4 is 29.3 Å². The first kappa shape index (κ1) is 17.6. The first-order chi connectivity index (χ1) is 12.2. The second kappa shape index (κ2) is 8.25. The molecule has 1 aromatic carbocycles. The molecule has 0 spiro atoms. The molecule has 6 heteroatoms. The van der Waals surface area contributed by atoms with E-state index in [1.807, 2.05) is 43.3 Å². The number of anilines is 1. The summed E-state index contributed by atoms with van der Waals surface area (Å²) in [5, 5.41) is 2.96. The van der Waals surface area contributed by atoms with Gasteiger partial charge in [-0.1, -0.05) is 25.1 Å². The van der Waals surface area contributed by atoms with E-state index >= 15 is 0 Å². The molecular formula is C19H22N2O3S. The van der Waals surface area contributed by atoms with Crippen molar-refractivity contribution in [2.45, 2.75) is 31.6 Å². The standard InChI is InChI=1S/C19H22N2O3S/c1-2-18(22)21-16-8-4-3-6-14(16)12-17(21)19(23)20-9-11-25-13-15-7-5-10-24-15/h3-8,10,17H,2,9,11-13H2,1H3,(H,20,23)/t17-/m0/s1. The van der Waals surface area contributed by atoms with Crippen molar-refractivity contribution in [3.8, 4) is 0 Å². The Morgan fingerprint density at radius 1 is 1.28 bits per heavy atom. The third-order valence-corrected chi connectivity index (χ3v) is 5.20. The van der Waals surface area contributed by atoms with Gasteiger partial charge in [0.2, 0.25) is 11.8 Å². The molecule has 1 aliphatic rings. The van der Waals surface area contributed by atoms with Crippen LogP contribution in [0.3, 0.4) is 0 Å². The van der Waals surface area contributed by atoms with Gasteiger partial charge >= 0.3 is 0 Å². The van der Waals surface area contributed by atoms with Gasteiger partial charge in [-0.25, -0.2) is 0 Å². The van der Waals surface area contributed by atoms with Gasteiger partial charge in [0.1, 0.15) is 11.8 Å². The zero-order valence-corrected chi connectivity index (χ0v) is 15.1. The van der Waals surface area contributed by atoms with Crippen molar-refractivity contribution in [1.29, 1.82) is 0 Å². The zero-order valence-electron chi connectivity index (χ0n) is 14.2. The van der Waals surface area contributed by atoms with E-state index in [2.05, 4.69) is 5.32 Å². The van der Waals surface area contributed by atoms with Gasteiger partial charge in [-0.05, 0) is 23.8 Å². The highest BCUT2D eigenvalue weighted by Crippen LogP contribution is 2.32. The van der Waals surface area contributed by atoms with Crippen molar-refractivity contribution in [2.75, 3.05) is 17.2 Å². The number of carbonyl (C=O) groups excluding carboxylic acids is 2. The zero-order chi connectivity index (χ0) is 17.6. The molecule has 0 saturated heterocycles. The number of fused-ring (bicyclic) bond motifs is 1. The molecule has 2 heterocycles. The van der Waals surface area contributed by atoms with E-state index in [1.54, 1.807) is 22.9 Å². The van der Waals surface area contributed by atoms with Gasteiger partial charge in [-0.2, -0.15) is 11.8 Å². The van der Waals surface area contributed by atoms with E-state index in [1.165, 1.54) is 0 Å². The maximum Gasteiger partial charge on any atom is 0.243 e. The normalized spacial score (nSPS) is 15.9. The number of carbonyl (C=O) groups is 2. The largest absolute Gasteiger partial charge is 0.468 e. The molecule has 1 aliphatic heterocycles. The lowest BCUT2D eigenvalue weighted by Gasteiger charge is -2.24. The summed E-state index contributed by atoms with van der Waals surface area (Å²) in [5.74, 6) is 2.42. The minimum absolute atomic E-state index is 0.0164. The summed E-state index contributed by atoms with van der Waals surface area (Å²) in [6, 6.07) is 11.1. The summed E-state index contributed by atoms with van der Waals surface area (Å²) in [4.78, 5) is 26.6. The van der Waals surface area contributed by atoms with Crippen molar-refractivity contribution in [1.82, 2.24) is 5.32 Å². The molecule has 0 radical (unpaired) electrons. The molecule has 2 aromatic rings. The third-order valence-electron chi connectivity index (χ3n) is 4.22. The first-order valence-corrected chi connectivity index (χ1v) is 9.64. The Balaban J connectivity index is 1.53. The molecule has 0 aliphatic carbocycles. The smallest absolute Gasteiger partial charge is 0.243 e. The Hall–Kier alpha value is -2.21. The van der Waals surface area contributed by atoms with Gasteiger partial charge < -0.3 is 9.73 Å². The van der Waals surface area contributed by atoms with E-state index < -0.39 is 6.04 Å². The minimum Gasteiger partial charge on any atom is -0.468 e. The number of nitrogens with zero attached hydrogens (tertiary/aromatic N) is 1. The summed E-state index contributed by atoms with van der Waals surface area (Å²) < 4.78 is 5.28. The summed E-state index contributed by atoms with van der Waals surface area (Å²) in [5.41, 5.74) is 1.92. The summed E-state index contributed by atoms with van der Waals surface area (Å²) >= 11 is 1.71. The van der Waals surface area contributed by atoms with Crippen molar-refractivity contribution in [2.24, 2.45) is 0 Å². The Morgan fingerprint density at radius 3 is 2.88 bits per heavy atom. The summed E-state index contributed by atoms with van der Waals surface area (Å²) in [7, 11) is 0. The molecule has 1 N–H and O–H groups in total. The lowest BCUT2D eigenvalue weighted by Crippen LogP contribution is -2.48. The molecule has 5 nitrogen and oxygen atoms in total.